The number of halogens is 8. The van der Waals surface area contributed by atoms with Crippen LogP contribution in [-0.2, 0) is 12.1 Å². The van der Waals surface area contributed by atoms with Crippen LogP contribution in [-0.4, -0.2) is 6.18 Å². The Morgan fingerprint density at radius 1 is 0.588 bits per heavy atom. The first kappa shape index (κ1) is 13.7. The lowest BCUT2D eigenvalue weighted by Gasteiger charge is -2.20. The molecular formula is C9H4F8. The molecule has 0 aliphatic rings. The molecule has 0 unspecified atom stereocenters. The molecule has 0 amide bonds. The predicted octanol–water partition coefficient (Wildman–Crippen LogP) is 4.36. The average Bonchev–Trinajstić information content (AvgIpc) is 2.15. The third-order valence-corrected chi connectivity index (χ3v) is 1.93. The molecule has 0 spiro atoms. The van der Waals surface area contributed by atoms with Gasteiger partial charge in [0.25, 0.3) is 0 Å². The summed E-state index contributed by atoms with van der Waals surface area (Å²) in [4.78, 5) is 0. The van der Waals surface area contributed by atoms with Crippen LogP contribution in [0.15, 0.2) is 24.3 Å². The molecule has 0 fully saturated rings. The zero-order chi connectivity index (χ0) is 13.5. The fourth-order valence-corrected chi connectivity index (χ4v) is 1.03. The van der Waals surface area contributed by atoms with Gasteiger partial charge in [0.05, 0.1) is 5.56 Å². The largest absolute Gasteiger partial charge is 0.458 e. The first-order chi connectivity index (χ1) is 7.46. The topological polar surface area (TPSA) is 0 Å². The number of benzene rings is 1. The Morgan fingerprint density at radius 3 is 1.24 bits per heavy atom. The average molecular weight is 264 g/mol. The van der Waals surface area contributed by atoms with Crippen LogP contribution in [0.4, 0.5) is 35.1 Å². The van der Waals surface area contributed by atoms with Gasteiger partial charge in [-0.2, -0.15) is 35.1 Å². The van der Waals surface area contributed by atoms with Crippen LogP contribution in [0.25, 0.3) is 0 Å². The summed E-state index contributed by atoms with van der Waals surface area (Å²) in [7, 11) is 0. The number of hydrogen-bond donors (Lipinski definition) is 0. The van der Waals surface area contributed by atoms with E-state index in [1.54, 1.807) is 0 Å². The van der Waals surface area contributed by atoms with Crippen LogP contribution in [0.1, 0.15) is 11.1 Å². The number of alkyl halides is 8. The van der Waals surface area contributed by atoms with Crippen LogP contribution in [0, 0.1) is 0 Å². The van der Waals surface area contributed by atoms with E-state index in [9.17, 15) is 35.1 Å². The number of rotatable bonds is 1. The lowest BCUT2D eigenvalue weighted by atomic mass is 10.1. The van der Waals surface area contributed by atoms with Gasteiger partial charge >= 0.3 is 18.3 Å². The molecule has 0 atom stereocenters. The van der Waals surface area contributed by atoms with Crippen LogP contribution < -0.4 is 0 Å². The Balaban J connectivity index is 3.12. The number of hydrogen-bond acceptors (Lipinski definition) is 0. The summed E-state index contributed by atoms with van der Waals surface area (Å²) in [5.41, 5.74) is -2.82. The van der Waals surface area contributed by atoms with E-state index in [1.165, 1.54) is 0 Å². The second kappa shape index (κ2) is 3.85. The first-order valence-corrected chi connectivity index (χ1v) is 4.08. The van der Waals surface area contributed by atoms with Gasteiger partial charge in [-0.15, -0.1) is 0 Å². The summed E-state index contributed by atoms with van der Waals surface area (Å²) in [6.45, 7) is 0. The molecule has 0 heterocycles. The molecule has 0 nitrogen and oxygen atoms in total. The molecule has 0 saturated heterocycles. The van der Waals surface area contributed by atoms with Crippen molar-refractivity contribution in [3.63, 3.8) is 0 Å². The summed E-state index contributed by atoms with van der Waals surface area (Å²) in [6.07, 6.45) is -10.6. The van der Waals surface area contributed by atoms with Crippen LogP contribution >= 0.6 is 0 Å². The molecular weight excluding hydrogens is 260 g/mol. The van der Waals surface area contributed by atoms with E-state index in [-0.39, 0.29) is 24.3 Å². The molecule has 1 aromatic rings. The van der Waals surface area contributed by atoms with E-state index in [4.69, 9.17) is 0 Å². The van der Waals surface area contributed by atoms with E-state index in [0.29, 0.717) is 0 Å². The molecule has 0 bridgehead atoms. The Hall–Kier alpha value is -1.34. The van der Waals surface area contributed by atoms with Crippen molar-refractivity contribution in [3.8, 4) is 0 Å². The van der Waals surface area contributed by atoms with Crippen LogP contribution in [0.5, 0.6) is 0 Å². The van der Waals surface area contributed by atoms with E-state index in [1.807, 2.05) is 0 Å². The van der Waals surface area contributed by atoms with Crippen molar-refractivity contribution in [1.29, 1.82) is 0 Å². The summed E-state index contributed by atoms with van der Waals surface area (Å²) >= 11 is 0. The normalized spacial score (nSPS) is 13.9. The SMILES string of the molecule is FC(F)(F)c1ccc(C(F)(F)C(F)(F)F)cc1. The van der Waals surface area contributed by atoms with Crippen molar-refractivity contribution in [3.05, 3.63) is 35.4 Å². The van der Waals surface area contributed by atoms with Gasteiger partial charge in [-0.25, -0.2) is 0 Å². The van der Waals surface area contributed by atoms with Crippen molar-refractivity contribution in [2.45, 2.75) is 18.3 Å². The maximum atomic E-state index is 12.7. The minimum Gasteiger partial charge on any atom is -0.191 e. The third-order valence-electron chi connectivity index (χ3n) is 1.93. The summed E-state index contributed by atoms with van der Waals surface area (Å²) < 4.78 is 97.1. The molecule has 0 saturated carbocycles. The zero-order valence-electron chi connectivity index (χ0n) is 7.83. The Labute approximate surface area is 89.9 Å². The molecule has 1 aromatic carbocycles. The van der Waals surface area contributed by atoms with Crippen molar-refractivity contribution in [1.82, 2.24) is 0 Å². The van der Waals surface area contributed by atoms with E-state index in [2.05, 4.69) is 0 Å². The second-order valence-corrected chi connectivity index (χ2v) is 3.15. The molecule has 8 heteroatoms. The maximum absolute atomic E-state index is 12.7. The Kier molecular flexibility index (Phi) is 3.11. The second-order valence-electron chi connectivity index (χ2n) is 3.15. The maximum Gasteiger partial charge on any atom is 0.458 e. The minimum absolute atomic E-state index is 0.107. The standard InChI is InChI=1S/C9H4F8/c10-7(11,9(15,16)17)5-1-3-6(4-2-5)8(12,13)14/h1-4H. The Morgan fingerprint density at radius 2 is 0.941 bits per heavy atom. The van der Waals surface area contributed by atoms with Crippen LogP contribution in [0.2, 0.25) is 0 Å². The van der Waals surface area contributed by atoms with Crippen molar-refractivity contribution in [2.75, 3.05) is 0 Å². The van der Waals surface area contributed by atoms with Gasteiger partial charge < -0.3 is 0 Å². The molecule has 96 valence electrons. The quantitative estimate of drug-likeness (QED) is 0.661. The van der Waals surface area contributed by atoms with Gasteiger partial charge in [-0.1, -0.05) is 12.1 Å². The lowest BCUT2D eigenvalue weighted by molar-refractivity contribution is -0.289. The zero-order valence-corrected chi connectivity index (χ0v) is 7.83. The van der Waals surface area contributed by atoms with Gasteiger partial charge in [-0.3, -0.25) is 0 Å². The molecule has 0 N–H and O–H groups in total. The molecule has 0 aliphatic heterocycles. The van der Waals surface area contributed by atoms with Crippen LogP contribution in [0.3, 0.4) is 0 Å². The summed E-state index contributed by atoms with van der Waals surface area (Å²) in [5.74, 6) is -5.17. The Bertz CT molecular complexity index is 383. The van der Waals surface area contributed by atoms with E-state index in [0.717, 1.165) is 0 Å². The molecule has 0 aromatic heterocycles. The highest BCUT2D eigenvalue weighted by atomic mass is 19.4. The van der Waals surface area contributed by atoms with E-state index >= 15 is 0 Å². The smallest absolute Gasteiger partial charge is 0.191 e. The predicted molar refractivity (Wildman–Crippen MR) is 41.4 cm³/mol. The first-order valence-electron chi connectivity index (χ1n) is 4.08. The summed E-state index contributed by atoms with van der Waals surface area (Å²) in [6, 6.07) is 0.566. The molecule has 0 radical (unpaired) electrons. The van der Waals surface area contributed by atoms with Gasteiger partial charge in [-0.05, 0) is 12.1 Å². The summed E-state index contributed by atoms with van der Waals surface area (Å²) in [5, 5.41) is 0. The highest BCUT2D eigenvalue weighted by molar-refractivity contribution is 5.28. The molecule has 1 rings (SSSR count). The fourth-order valence-electron chi connectivity index (χ4n) is 1.03. The monoisotopic (exact) mass is 264 g/mol. The lowest BCUT2D eigenvalue weighted by Crippen LogP contribution is -2.33. The molecule has 0 aliphatic carbocycles. The van der Waals surface area contributed by atoms with Crippen molar-refractivity contribution in [2.24, 2.45) is 0 Å². The van der Waals surface area contributed by atoms with Gasteiger partial charge in [0.2, 0.25) is 0 Å². The highest BCUT2D eigenvalue weighted by Gasteiger charge is 2.58. The molecule has 17 heavy (non-hydrogen) atoms. The van der Waals surface area contributed by atoms with Gasteiger partial charge in [0, 0.05) is 5.56 Å². The van der Waals surface area contributed by atoms with Crippen molar-refractivity contribution < 1.29 is 35.1 Å². The third kappa shape index (κ3) is 2.67. The van der Waals surface area contributed by atoms with E-state index < -0.39 is 29.4 Å². The minimum atomic E-state index is -5.84. The van der Waals surface area contributed by atoms with Gasteiger partial charge in [0.1, 0.15) is 0 Å². The fraction of sp³-hybridized carbons (Fsp3) is 0.333. The van der Waals surface area contributed by atoms with Gasteiger partial charge in [0.15, 0.2) is 0 Å². The highest BCUT2D eigenvalue weighted by Crippen LogP contribution is 2.44. The van der Waals surface area contributed by atoms with Crippen molar-refractivity contribution >= 4 is 0 Å².